The molecular weight excluding hydrogens is 382 g/mol. The number of aryl methyl sites for hydroxylation is 1. The van der Waals surface area contributed by atoms with E-state index in [9.17, 15) is 9.59 Å². The fourth-order valence-corrected chi connectivity index (χ4v) is 2.83. The molecule has 0 aliphatic heterocycles. The second-order valence-electron chi connectivity index (χ2n) is 7.87. The van der Waals surface area contributed by atoms with E-state index in [4.69, 9.17) is 0 Å². The lowest BCUT2D eigenvalue weighted by Gasteiger charge is -2.19. The van der Waals surface area contributed by atoms with Gasteiger partial charge in [0.25, 0.3) is 5.91 Å². The number of methoxy groups -OCH3 is 1. The highest BCUT2D eigenvalue weighted by atomic mass is 16.5. The van der Waals surface area contributed by atoms with E-state index >= 15 is 0 Å². The summed E-state index contributed by atoms with van der Waals surface area (Å²) in [6.45, 7) is 5.75. The number of hydrogen-bond acceptors (Lipinski definition) is 6. The standard InChI is InChI=1S/C22H25N5O3/c1-22(2,3)25-21(29)18-12-19(27(26-18)16-6-5-11-23-14-16)17-9-7-15(13-24-17)8-10-20(28)30-4/h5-7,9,11-14H,8,10H2,1-4H3,(H,25,29). The van der Waals surface area contributed by atoms with E-state index in [0.717, 1.165) is 11.3 Å². The highest BCUT2D eigenvalue weighted by Gasteiger charge is 2.21. The molecule has 0 aliphatic rings. The number of pyridine rings is 2. The van der Waals surface area contributed by atoms with Crippen molar-refractivity contribution in [2.24, 2.45) is 0 Å². The van der Waals surface area contributed by atoms with Gasteiger partial charge in [0.15, 0.2) is 5.69 Å². The quantitative estimate of drug-likeness (QED) is 0.631. The van der Waals surface area contributed by atoms with Crippen molar-refractivity contribution in [3.63, 3.8) is 0 Å². The minimum Gasteiger partial charge on any atom is -0.469 e. The van der Waals surface area contributed by atoms with Gasteiger partial charge in [0, 0.05) is 24.4 Å². The van der Waals surface area contributed by atoms with Crippen LogP contribution in [-0.2, 0) is 16.0 Å². The number of hydrogen-bond donors (Lipinski definition) is 1. The first kappa shape index (κ1) is 21.2. The maximum atomic E-state index is 12.7. The maximum absolute atomic E-state index is 12.7. The molecule has 30 heavy (non-hydrogen) atoms. The van der Waals surface area contributed by atoms with E-state index in [1.54, 1.807) is 35.4 Å². The van der Waals surface area contributed by atoms with Gasteiger partial charge in [-0.05, 0) is 57.0 Å². The molecule has 0 bridgehead atoms. The van der Waals surface area contributed by atoms with Crippen LogP contribution < -0.4 is 5.32 Å². The van der Waals surface area contributed by atoms with E-state index < -0.39 is 0 Å². The molecule has 1 N–H and O–H groups in total. The monoisotopic (exact) mass is 407 g/mol. The van der Waals surface area contributed by atoms with Crippen molar-refractivity contribution in [1.82, 2.24) is 25.1 Å². The predicted molar refractivity (Wildman–Crippen MR) is 112 cm³/mol. The molecule has 3 heterocycles. The Morgan fingerprint density at radius 2 is 1.97 bits per heavy atom. The van der Waals surface area contributed by atoms with Crippen molar-refractivity contribution in [2.75, 3.05) is 7.11 Å². The molecule has 0 aliphatic carbocycles. The number of carbonyl (C=O) groups is 2. The first-order valence-corrected chi connectivity index (χ1v) is 9.62. The van der Waals surface area contributed by atoms with Gasteiger partial charge in [-0.1, -0.05) is 6.07 Å². The van der Waals surface area contributed by atoms with Gasteiger partial charge in [-0.2, -0.15) is 5.10 Å². The molecule has 3 aromatic rings. The molecule has 0 aromatic carbocycles. The normalized spacial score (nSPS) is 11.2. The summed E-state index contributed by atoms with van der Waals surface area (Å²) in [4.78, 5) is 32.7. The third-order valence-corrected chi connectivity index (χ3v) is 4.25. The summed E-state index contributed by atoms with van der Waals surface area (Å²) in [5.74, 6) is -0.524. The number of aromatic nitrogens is 4. The minimum absolute atomic E-state index is 0.261. The maximum Gasteiger partial charge on any atom is 0.305 e. The van der Waals surface area contributed by atoms with Crippen molar-refractivity contribution in [1.29, 1.82) is 0 Å². The summed E-state index contributed by atoms with van der Waals surface area (Å²) >= 11 is 0. The van der Waals surface area contributed by atoms with Crippen LogP contribution in [0, 0.1) is 0 Å². The first-order valence-electron chi connectivity index (χ1n) is 9.62. The lowest BCUT2D eigenvalue weighted by molar-refractivity contribution is -0.140. The molecule has 0 radical (unpaired) electrons. The molecule has 3 rings (SSSR count). The Balaban J connectivity index is 1.94. The summed E-state index contributed by atoms with van der Waals surface area (Å²) in [6, 6.07) is 9.13. The van der Waals surface area contributed by atoms with Crippen LogP contribution in [0.2, 0.25) is 0 Å². The molecule has 0 saturated heterocycles. The van der Waals surface area contributed by atoms with Crippen LogP contribution in [0.5, 0.6) is 0 Å². The Morgan fingerprint density at radius 1 is 1.17 bits per heavy atom. The van der Waals surface area contributed by atoms with Crippen molar-refractivity contribution in [2.45, 2.75) is 39.2 Å². The highest BCUT2D eigenvalue weighted by molar-refractivity contribution is 5.94. The van der Waals surface area contributed by atoms with Crippen LogP contribution >= 0.6 is 0 Å². The molecule has 8 nitrogen and oxygen atoms in total. The molecule has 1 amide bonds. The van der Waals surface area contributed by atoms with Gasteiger partial charge >= 0.3 is 5.97 Å². The molecule has 156 valence electrons. The summed E-state index contributed by atoms with van der Waals surface area (Å²) < 4.78 is 6.33. The zero-order chi connectivity index (χ0) is 21.7. The SMILES string of the molecule is COC(=O)CCc1ccc(-c2cc(C(=O)NC(C)(C)C)nn2-c2cccnc2)nc1. The average molecular weight is 407 g/mol. The van der Waals surface area contributed by atoms with Gasteiger partial charge in [-0.15, -0.1) is 0 Å². The van der Waals surface area contributed by atoms with Gasteiger partial charge in [-0.25, -0.2) is 4.68 Å². The van der Waals surface area contributed by atoms with Crippen LogP contribution in [0.4, 0.5) is 0 Å². The van der Waals surface area contributed by atoms with Crippen molar-refractivity contribution in [3.05, 3.63) is 60.2 Å². The molecule has 3 aromatic heterocycles. The van der Waals surface area contributed by atoms with Crippen molar-refractivity contribution in [3.8, 4) is 17.1 Å². The van der Waals surface area contributed by atoms with Gasteiger partial charge in [0.1, 0.15) is 0 Å². The van der Waals surface area contributed by atoms with Gasteiger partial charge < -0.3 is 10.1 Å². The Hall–Kier alpha value is -3.55. The Kier molecular flexibility index (Phi) is 6.25. The molecule has 0 spiro atoms. The second-order valence-corrected chi connectivity index (χ2v) is 7.87. The number of carbonyl (C=O) groups excluding carboxylic acids is 2. The molecule has 0 atom stereocenters. The first-order chi connectivity index (χ1) is 14.3. The smallest absolute Gasteiger partial charge is 0.305 e. The van der Waals surface area contributed by atoms with E-state index in [0.29, 0.717) is 29.9 Å². The molecule has 0 saturated carbocycles. The van der Waals surface area contributed by atoms with Crippen LogP contribution in [0.1, 0.15) is 43.2 Å². The number of esters is 1. The predicted octanol–water partition coefficient (Wildman–Crippen LogP) is 2.96. The van der Waals surface area contributed by atoms with Crippen LogP contribution in [-0.4, -0.2) is 44.3 Å². The number of ether oxygens (including phenoxy) is 1. The summed E-state index contributed by atoms with van der Waals surface area (Å²) in [7, 11) is 1.37. The Morgan fingerprint density at radius 3 is 2.57 bits per heavy atom. The van der Waals surface area contributed by atoms with E-state index in [1.807, 2.05) is 39.0 Å². The molecular formula is C22H25N5O3. The fraction of sp³-hybridized carbons (Fsp3) is 0.318. The number of rotatable bonds is 6. The minimum atomic E-state index is -0.380. The lowest BCUT2D eigenvalue weighted by Crippen LogP contribution is -2.40. The largest absolute Gasteiger partial charge is 0.469 e. The summed E-state index contributed by atoms with van der Waals surface area (Å²) in [6.07, 6.45) is 5.90. The van der Waals surface area contributed by atoms with Gasteiger partial charge in [0.2, 0.25) is 0 Å². The zero-order valence-corrected chi connectivity index (χ0v) is 17.5. The van der Waals surface area contributed by atoms with Crippen LogP contribution in [0.15, 0.2) is 48.9 Å². The highest BCUT2D eigenvalue weighted by Crippen LogP contribution is 2.23. The third kappa shape index (κ3) is 5.28. The van der Waals surface area contributed by atoms with Crippen molar-refractivity contribution >= 4 is 11.9 Å². The van der Waals surface area contributed by atoms with Crippen molar-refractivity contribution < 1.29 is 14.3 Å². The Labute approximate surface area is 175 Å². The van der Waals surface area contributed by atoms with E-state index in [-0.39, 0.29) is 17.4 Å². The number of nitrogens with zero attached hydrogens (tertiary/aromatic N) is 4. The van der Waals surface area contributed by atoms with Crippen LogP contribution in [0.25, 0.3) is 17.1 Å². The number of amides is 1. The average Bonchev–Trinajstić information content (AvgIpc) is 3.17. The second kappa shape index (κ2) is 8.86. The Bertz CT molecular complexity index is 1020. The molecule has 0 fully saturated rings. The summed E-state index contributed by atoms with van der Waals surface area (Å²) in [5, 5.41) is 7.42. The topological polar surface area (TPSA) is 99.0 Å². The van der Waals surface area contributed by atoms with E-state index in [2.05, 4.69) is 25.1 Å². The lowest BCUT2D eigenvalue weighted by atomic mass is 10.1. The number of nitrogens with one attached hydrogen (secondary N) is 1. The van der Waals surface area contributed by atoms with Crippen LogP contribution in [0.3, 0.4) is 0 Å². The summed E-state index contributed by atoms with van der Waals surface area (Å²) in [5.41, 5.74) is 2.88. The molecule has 0 unspecified atom stereocenters. The van der Waals surface area contributed by atoms with E-state index in [1.165, 1.54) is 7.11 Å². The zero-order valence-electron chi connectivity index (χ0n) is 17.5. The van der Waals surface area contributed by atoms with Gasteiger partial charge in [-0.3, -0.25) is 19.6 Å². The fourth-order valence-electron chi connectivity index (χ4n) is 2.83. The third-order valence-electron chi connectivity index (χ3n) is 4.25. The van der Waals surface area contributed by atoms with Gasteiger partial charge in [0.05, 0.1) is 30.4 Å². The molecule has 8 heteroatoms.